The molecule has 0 saturated carbocycles. The third kappa shape index (κ3) is 4.75. The first-order valence-corrected chi connectivity index (χ1v) is 3.93. The SMILES string of the molecule is CC(N)[C@@H](N)CCCS. The standard InChI is InChI=1S/C6H16N2S/c1-5(7)6(8)3-2-4-9/h5-6,9H,2-4,7-8H2,1H3/t5?,6-/m0/s1. The van der Waals surface area contributed by atoms with Crippen molar-refractivity contribution in [2.75, 3.05) is 5.75 Å². The third-order valence-corrected chi connectivity index (χ3v) is 1.69. The average Bonchev–Trinajstić information content (AvgIpc) is 1.82. The van der Waals surface area contributed by atoms with Gasteiger partial charge in [-0.3, -0.25) is 0 Å². The summed E-state index contributed by atoms with van der Waals surface area (Å²) in [7, 11) is 0. The fourth-order valence-electron chi connectivity index (χ4n) is 0.590. The van der Waals surface area contributed by atoms with Crippen molar-refractivity contribution in [2.24, 2.45) is 11.5 Å². The van der Waals surface area contributed by atoms with Gasteiger partial charge in [-0.1, -0.05) is 0 Å². The Morgan fingerprint density at radius 1 is 1.44 bits per heavy atom. The number of thiol groups is 1. The van der Waals surface area contributed by atoms with E-state index in [4.69, 9.17) is 11.5 Å². The van der Waals surface area contributed by atoms with Crippen LogP contribution < -0.4 is 11.5 Å². The topological polar surface area (TPSA) is 52.0 Å². The van der Waals surface area contributed by atoms with Crippen molar-refractivity contribution in [3.05, 3.63) is 0 Å². The van der Waals surface area contributed by atoms with Crippen molar-refractivity contribution in [1.29, 1.82) is 0 Å². The van der Waals surface area contributed by atoms with Crippen LogP contribution in [0.3, 0.4) is 0 Å². The van der Waals surface area contributed by atoms with Gasteiger partial charge >= 0.3 is 0 Å². The molecular weight excluding hydrogens is 132 g/mol. The summed E-state index contributed by atoms with van der Waals surface area (Å²) in [6.07, 6.45) is 2.05. The van der Waals surface area contributed by atoms with E-state index in [9.17, 15) is 0 Å². The molecule has 0 aliphatic rings. The van der Waals surface area contributed by atoms with E-state index in [-0.39, 0.29) is 12.1 Å². The van der Waals surface area contributed by atoms with Crippen molar-refractivity contribution in [3.8, 4) is 0 Å². The van der Waals surface area contributed by atoms with E-state index in [1.165, 1.54) is 0 Å². The molecule has 0 bridgehead atoms. The van der Waals surface area contributed by atoms with Gasteiger partial charge in [0.2, 0.25) is 0 Å². The van der Waals surface area contributed by atoms with Crippen LogP contribution in [0.4, 0.5) is 0 Å². The van der Waals surface area contributed by atoms with Crippen LogP contribution in [0.2, 0.25) is 0 Å². The van der Waals surface area contributed by atoms with Crippen LogP contribution in [0.5, 0.6) is 0 Å². The zero-order valence-electron chi connectivity index (χ0n) is 5.88. The number of nitrogens with two attached hydrogens (primary N) is 2. The Morgan fingerprint density at radius 2 is 2.00 bits per heavy atom. The predicted molar refractivity (Wildman–Crippen MR) is 44.7 cm³/mol. The molecule has 1 unspecified atom stereocenters. The molecule has 3 heteroatoms. The van der Waals surface area contributed by atoms with Crippen molar-refractivity contribution in [3.63, 3.8) is 0 Å². The highest BCUT2D eigenvalue weighted by Gasteiger charge is 2.05. The Kier molecular flexibility index (Phi) is 5.24. The van der Waals surface area contributed by atoms with Crippen molar-refractivity contribution in [2.45, 2.75) is 31.8 Å². The van der Waals surface area contributed by atoms with Gasteiger partial charge in [-0.15, -0.1) is 0 Å². The highest BCUT2D eigenvalue weighted by molar-refractivity contribution is 7.80. The van der Waals surface area contributed by atoms with Crippen LogP contribution in [-0.4, -0.2) is 17.8 Å². The Bertz CT molecular complexity index is 66.1. The van der Waals surface area contributed by atoms with Gasteiger partial charge in [-0.2, -0.15) is 12.6 Å². The van der Waals surface area contributed by atoms with Crippen molar-refractivity contribution < 1.29 is 0 Å². The lowest BCUT2D eigenvalue weighted by Crippen LogP contribution is -2.38. The molecule has 9 heavy (non-hydrogen) atoms. The lowest BCUT2D eigenvalue weighted by molar-refractivity contribution is 0.520. The van der Waals surface area contributed by atoms with Gasteiger partial charge in [-0.05, 0) is 25.5 Å². The molecule has 0 aliphatic carbocycles. The second kappa shape index (κ2) is 5.09. The minimum atomic E-state index is 0.116. The van der Waals surface area contributed by atoms with Crippen LogP contribution in [0.25, 0.3) is 0 Å². The Morgan fingerprint density at radius 3 is 2.33 bits per heavy atom. The summed E-state index contributed by atoms with van der Waals surface area (Å²) in [6, 6.07) is 0.266. The molecule has 0 rings (SSSR count). The molecule has 2 nitrogen and oxygen atoms in total. The van der Waals surface area contributed by atoms with Crippen LogP contribution in [0, 0.1) is 0 Å². The monoisotopic (exact) mass is 148 g/mol. The molecule has 0 aliphatic heterocycles. The molecule has 0 aromatic rings. The molecule has 0 aromatic heterocycles. The molecule has 0 saturated heterocycles. The van der Waals surface area contributed by atoms with Gasteiger partial charge < -0.3 is 11.5 Å². The van der Waals surface area contributed by atoms with E-state index in [0.29, 0.717) is 0 Å². The summed E-state index contributed by atoms with van der Waals surface area (Å²) in [5.74, 6) is 0.903. The molecule has 0 aromatic carbocycles. The van der Waals surface area contributed by atoms with Gasteiger partial charge in [-0.25, -0.2) is 0 Å². The first-order valence-electron chi connectivity index (χ1n) is 3.30. The summed E-state index contributed by atoms with van der Waals surface area (Å²) in [5.41, 5.74) is 11.2. The summed E-state index contributed by atoms with van der Waals surface area (Å²) < 4.78 is 0. The molecule has 2 atom stereocenters. The summed E-state index contributed by atoms with van der Waals surface area (Å²) in [6.45, 7) is 1.93. The normalized spacial score (nSPS) is 17.3. The second-order valence-corrected chi connectivity index (χ2v) is 2.84. The predicted octanol–water partition coefficient (Wildman–Crippen LogP) is 0.371. The van der Waals surface area contributed by atoms with E-state index < -0.39 is 0 Å². The van der Waals surface area contributed by atoms with E-state index in [1.807, 2.05) is 6.92 Å². The highest BCUT2D eigenvalue weighted by atomic mass is 32.1. The molecule has 0 amide bonds. The molecule has 4 N–H and O–H groups in total. The van der Waals surface area contributed by atoms with Crippen molar-refractivity contribution in [1.82, 2.24) is 0 Å². The van der Waals surface area contributed by atoms with E-state index >= 15 is 0 Å². The third-order valence-electron chi connectivity index (χ3n) is 1.37. The summed E-state index contributed by atoms with van der Waals surface area (Å²) in [4.78, 5) is 0. The average molecular weight is 148 g/mol. The van der Waals surface area contributed by atoms with Crippen molar-refractivity contribution >= 4 is 12.6 Å². The lowest BCUT2D eigenvalue weighted by atomic mass is 10.1. The quantitative estimate of drug-likeness (QED) is 0.505. The summed E-state index contributed by atoms with van der Waals surface area (Å²) >= 11 is 4.07. The minimum Gasteiger partial charge on any atom is -0.327 e. The zero-order chi connectivity index (χ0) is 7.28. The lowest BCUT2D eigenvalue weighted by Gasteiger charge is -2.13. The fourth-order valence-corrected chi connectivity index (χ4v) is 0.772. The van der Waals surface area contributed by atoms with Gasteiger partial charge in [0.15, 0.2) is 0 Å². The van der Waals surface area contributed by atoms with Gasteiger partial charge in [0.1, 0.15) is 0 Å². The van der Waals surface area contributed by atoms with E-state index in [0.717, 1.165) is 18.6 Å². The molecule has 56 valence electrons. The van der Waals surface area contributed by atoms with E-state index in [1.54, 1.807) is 0 Å². The molecule has 0 heterocycles. The Hall–Kier alpha value is 0.270. The maximum absolute atomic E-state index is 5.64. The second-order valence-electron chi connectivity index (χ2n) is 2.39. The first-order chi connectivity index (χ1) is 4.18. The van der Waals surface area contributed by atoms with Crippen LogP contribution >= 0.6 is 12.6 Å². The van der Waals surface area contributed by atoms with Gasteiger partial charge in [0.25, 0.3) is 0 Å². The molecule has 0 radical (unpaired) electrons. The fraction of sp³-hybridized carbons (Fsp3) is 1.00. The number of hydrogen-bond acceptors (Lipinski definition) is 3. The van der Waals surface area contributed by atoms with Gasteiger partial charge in [0.05, 0.1) is 0 Å². The maximum atomic E-state index is 5.64. The Balaban J connectivity index is 3.16. The maximum Gasteiger partial charge on any atom is 0.0189 e. The smallest absolute Gasteiger partial charge is 0.0189 e. The van der Waals surface area contributed by atoms with E-state index in [2.05, 4.69) is 12.6 Å². The van der Waals surface area contributed by atoms with Crippen LogP contribution in [0.15, 0.2) is 0 Å². The minimum absolute atomic E-state index is 0.116. The largest absolute Gasteiger partial charge is 0.327 e. The Labute approximate surface area is 62.4 Å². The molecule has 0 spiro atoms. The highest BCUT2D eigenvalue weighted by Crippen LogP contribution is 1.98. The number of hydrogen-bond donors (Lipinski definition) is 3. The van der Waals surface area contributed by atoms with Crippen LogP contribution in [-0.2, 0) is 0 Å². The number of rotatable bonds is 4. The van der Waals surface area contributed by atoms with Crippen LogP contribution in [0.1, 0.15) is 19.8 Å². The molecular formula is C6H16N2S. The van der Waals surface area contributed by atoms with Gasteiger partial charge in [0, 0.05) is 12.1 Å². The summed E-state index contributed by atoms with van der Waals surface area (Å²) in [5, 5.41) is 0. The molecule has 0 fully saturated rings. The first kappa shape index (κ1) is 9.27. The zero-order valence-corrected chi connectivity index (χ0v) is 6.77.